The van der Waals surface area contributed by atoms with Gasteiger partial charge in [0.05, 0.1) is 0 Å². The van der Waals surface area contributed by atoms with Crippen LogP contribution in [0.25, 0.3) is 0 Å². The molecule has 0 radical (unpaired) electrons. The van der Waals surface area contributed by atoms with Crippen molar-refractivity contribution in [2.45, 2.75) is 19.9 Å². The number of hydrogen-bond donors (Lipinski definition) is 3. The lowest BCUT2D eigenvalue weighted by Crippen LogP contribution is -2.45. The number of amides is 2. The van der Waals surface area contributed by atoms with Gasteiger partial charge in [-0.3, -0.25) is 14.9 Å². The van der Waals surface area contributed by atoms with Crippen molar-refractivity contribution in [2.24, 2.45) is 20.0 Å². The van der Waals surface area contributed by atoms with Gasteiger partial charge in [-0.25, -0.2) is 9.98 Å². The van der Waals surface area contributed by atoms with Gasteiger partial charge in [0.1, 0.15) is 12.4 Å². The fourth-order valence-corrected chi connectivity index (χ4v) is 1.57. The second-order valence-electron chi connectivity index (χ2n) is 3.87. The van der Waals surface area contributed by atoms with Crippen molar-refractivity contribution in [3.05, 3.63) is 0 Å². The Morgan fingerprint density at radius 3 is 2.42 bits per heavy atom. The molecule has 2 aliphatic rings. The van der Waals surface area contributed by atoms with Crippen molar-refractivity contribution in [1.82, 2.24) is 10.6 Å². The van der Waals surface area contributed by atoms with Gasteiger partial charge in [0.15, 0.2) is 17.7 Å². The van der Waals surface area contributed by atoms with Crippen LogP contribution in [0, 0.1) is 0 Å². The van der Waals surface area contributed by atoms with Gasteiger partial charge in [-0.2, -0.15) is 9.98 Å². The fourth-order valence-electron chi connectivity index (χ4n) is 1.57. The lowest BCUT2D eigenvalue weighted by atomic mass is 10.2. The van der Waals surface area contributed by atoms with Gasteiger partial charge < -0.3 is 10.4 Å². The van der Waals surface area contributed by atoms with Crippen LogP contribution in [0.3, 0.4) is 0 Å². The summed E-state index contributed by atoms with van der Waals surface area (Å²) in [4.78, 5) is 38.2. The maximum atomic E-state index is 11.1. The topological polar surface area (TPSA) is 128 Å². The number of aliphatic hydroxyl groups is 1. The van der Waals surface area contributed by atoms with Crippen molar-refractivity contribution < 1.29 is 14.7 Å². The third-order valence-electron chi connectivity index (χ3n) is 2.21. The Morgan fingerprint density at radius 2 is 1.84 bits per heavy atom. The molecule has 3 N–H and O–H groups in total. The first-order chi connectivity index (χ1) is 8.99. The third kappa shape index (κ3) is 2.88. The predicted octanol–water partition coefficient (Wildman–Crippen LogP) is -1.80. The van der Waals surface area contributed by atoms with E-state index in [4.69, 9.17) is 5.11 Å². The summed E-state index contributed by atoms with van der Waals surface area (Å²) in [6.07, 6.45) is 0. The van der Waals surface area contributed by atoms with Crippen molar-refractivity contribution >= 4 is 35.3 Å². The molecule has 0 bridgehead atoms. The van der Waals surface area contributed by atoms with Crippen LogP contribution in [-0.4, -0.2) is 53.0 Å². The molecule has 0 aliphatic carbocycles. The Labute approximate surface area is 108 Å². The van der Waals surface area contributed by atoms with Gasteiger partial charge in [-0.15, -0.1) is 0 Å². The van der Waals surface area contributed by atoms with Gasteiger partial charge in [0.2, 0.25) is 17.8 Å². The standard InChI is InChI=1S/C10H12N6O3/c1-4(18)11-8-7-9(14-6(3-17)13-7)16-10(15-8)12-5(2)19/h7,17H,3H2,1-2H3,(H2,11,12,13,14,15,16,18,19). The van der Waals surface area contributed by atoms with Gasteiger partial charge in [0.25, 0.3) is 0 Å². The maximum absolute atomic E-state index is 11.1. The summed E-state index contributed by atoms with van der Waals surface area (Å²) in [6, 6.07) is -0.649. The molecule has 0 aromatic heterocycles. The lowest BCUT2D eigenvalue weighted by Gasteiger charge is -2.17. The van der Waals surface area contributed by atoms with Crippen LogP contribution < -0.4 is 10.6 Å². The molecule has 2 amide bonds. The molecule has 0 aromatic rings. The van der Waals surface area contributed by atoms with Crippen LogP contribution in [0.2, 0.25) is 0 Å². The predicted molar refractivity (Wildman–Crippen MR) is 68.2 cm³/mol. The highest BCUT2D eigenvalue weighted by molar-refractivity contribution is 6.27. The number of guanidine groups is 1. The number of carbonyl (C=O) groups excluding carboxylic acids is 2. The normalized spacial score (nSPS) is 20.7. The summed E-state index contributed by atoms with van der Waals surface area (Å²) in [6.45, 7) is 2.31. The van der Waals surface area contributed by atoms with E-state index in [1.807, 2.05) is 0 Å². The van der Waals surface area contributed by atoms with Gasteiger partial charge >= 0.3 is 0 Å². The van der Waals surface area contributed by atoms with Crippen LogP contribution >= 0.6 is 0 Å². The number of rotatable bonds is 1. The number of aliphatic imine (C=N–C) groups is 4. The summed E-state index contributed by atoms with van der Waals surface area (Å²) in [5.41, 5.74) is 0. The summed E-state index contributed by atoms with van der Waals surface area (Å²) < 4.78 is 0. The van der Waals surface area contributed by atoms with Gasteiger partial charge in [-0.1, -0.05) is 0 Å². The Kier molecular flexibility index (Phi) is 3.47. The monoisotopic (exact) mass is 264 g/mol. The number of nitrogens with zero attached hydrogens (tertiary/aromatic N) is 4. The molecule has 100 valence electrons. The number of nitrogens with one attached hydrogen (secondary N) is 2. The smallest absolute Gasteiger partial charge is 0.233 e. The molecule has 2 rings (SSSR count). The third-order valence-corrected chi connectivity index (χ3v) is 2.21. The Hall–Kier alpha value is -2.42. The molecular formula is C10H12N6O3. The van der Waals surface area contributed by atoms with E-state index in [-0.39, 0.29) is 41.9 Å². The first-order valence-corrected chi connectivity index (χ1v) is 5.48. The number of aliphatic hydroxyl groups excluding tert-OH is 1. The molecule has 2 aliphatic heterocycles. The Bertz CT molecular complexity index is 560. The number of hydrogen-bond acceptors (Lipinski definition) is 7. The Morgan fingerprint density at radius 1 is 1.16 bits per heavy atom. The number of carbonyl (C=O) groups is 2. The molecule has 9 nitrogen and oxygen atoms in total. The van der Waals surface area contributed by atoms with Gasteiger partial charge in [-0.05, 0) is 0 Å². The molecule has 0 aromatic carbocycles. The molecule has 0 fully saturated rings. The van der Waals surface area contributed by atoms with Crippen LogP contribution in [-0.2, 0) is 9.59 Å². The highest BCUT2D eigenvalue weighted by Crippen LogP contribution is 2.12. The molecule has 0 saturated heterocycles. The molecular weight excluding hydrogens is 252 g/mol. The SMILES string of the molecule is CC(=O)NC1=NC2=NC(CO)=NC2C(NC(C)=O)=N1. The summed E-state index contributed by atoms with van der Waals surface area (Å²) in [5, 5.41) is 13.9. The minimum Gasteiger partial charge on any atom is -0.388 e. The zero-order chi connectivity index (χ0) is 14.0. The first kappa shape index (κ1) is 13.0. The number of fused-ring (bicyclic) bond motifs is 1. The highest BCUT2D eigenvalue weighted by atomic mass is 16.3. The van der Waals surface area contributed by atoms with Crippen molar-refractivity contribution in [1.29, 1.82) is 0 Å². The van der Waals surface area contributed by atoms with E-state index in [2.05, 4.69) is 30.6 Å². The molecule has 19 heavy (non-hydrogen) atoms. The molecule has 2 heterocycles. The average molecular weight is 264 g/mol. The van der Waals surface area contributed by atoms with E-state index in [9.17, 15) is 9.59 Å². The summed E-state index contributed by atoms with van der Waals surface area (Å²) in [5.74, 6) is 0.0476. The number of amidine groups is 3. The van der Waals surface area contributed by atoms with Gasteiger partial charge in [0, 0.05) is 13.8 Å². The quantitative estimate of drug-likeness (QED) is 0.516. The van der Waals surface area contributed by atoms with E-state index in [1.54, 1.807) is 0 Å². The molecule has 0 spiro atoms. The molecule has 1 unspecified atom stereocenters. The van der Waals surface area contributed by atoms with E-state index in [0.717, 1.165) is 0 Å². The molecule has 9 heteroatoms. The van der Waals surface area contributed by atoms with E-state index >= 15 is 0 Å². The second kappa shape index (κ2) is 5.06. The van der Waals surface area contributed by atoms with Crippen LogP contribution in [0.1, 0.15) is 13.8 Å². The zero-order valence-electron chi connectivity index (χ0n) is 10.3. The molecule has 1 atom stereocenters. The van der Waals surface area contributed by atoms with Crippen LogP contribution in [0.4, 0.5) is 0 Å². The van der Waals surface area contributed by atoms with Crippen LogP contribution in [0.5, 0.6) is 0 Å². The Balaban J connectivity index is 2.33. The van der Waals surface area contributed by atoms with E-state index in [1.165, 1.54) is 13.8 Å². The van der Waals surface area contributed by atoms with E-state index in [0.29, 0.717) is 0 Å². The van der Waals surface area contributed by atoms with Crippen LogP contribution in [0.15, 0.2) is 20.0 Å². The zero-order valence-corrected chi connectivity index (χ0v) is 10.3. The van der Waals surface area contributed by atoms with Crippen molar-refractivity contribution in [2.75, 3.05) is 6.61 Å². The maximum Gasteiger partial charge on any atom is 0.233 e. The minimum absolute atomic E-state index is 0.0284. The lowest BCUT2D eigenvalue weighted by molar-refractivity contribution is -0.118. The van der Waals surface area contributed by atoms with Crippen molar-refractivity contribution in [3.63, 3.8) is 0 Å². The highest BCUT2D eigenvalue weighted by Gasteiger charge is 2.32. The summed E-state index contributed by atoms with van der Waals surface area (Å²) in [7, 11) is 0. The molecule has 0 saturated carbocycles. The first-order valence-electron chi connectivity index (χ1n) is 5.48. The second-order valence-corrected chi connectivity index (χ2v) is 3.87. The largest absolute Gasteiger partial charge is 0.388 e. The summed E-state index contributed by atoms with van der Waals surface area (Å²) >= 11 is 0. The van der Waals surface area contributed by atoms with E-state index < -0.39 is 6.04 Å². The fraction of sp³-hybridized carbons (Fsp3) is 0.400. The van der Waals surface area contributed by atoms with Crippen molar-refractivity contribution in [3.8, 4) is 0 Å². The average Bonchev–Trinajstić information content (AvgIpc) is 2.70. The minimum atomic E-state index is -0.649.